The van der Waals surface area contributed by atoms with E-state index in [-0.39, 0.29) is 11.2 Å². The summed E-state index contributed by atoms with van der Waals surface area (Å²) in [5, 5.41) is 3.50. The van der Waals surface area contributed by atoms with Crippen molar-refractivity contribution >= 4 is 5.69 Å². The molecule has 2 aromatic rings. The zero-order chi connectivity index (χ0) is 15.5. The Hall–Kier alpha value is -1.83. The van der Waals surface area contributed by atoms with E-state index in [0.717, 1.165) is 17.7 Å². The third kappa shape index (κ3) is 4.07. The molecule has 21 heavy (non-hydrogen) atoms. The molecule has 0 bridgehead atoms. The van der Waals surface area contributed by atoms with Crippen LogP contribution in [-0.4, -0.2) is 6.04 Å². The molecule has 1 unspecified atom stereocenters. The molecular formula is C19H24FN. The Morgan fingerprint density at radius 3 is 2.38 bits per heavy atom. The highest BCUT2D eigenvalue weighted by Gasteiger charge is 2.23. The van der Waals surface area contributed by atoms with E-state index in [1.165, 1.54) is 11.6 Å². The Morgan fingerprint density at radius 1 is 1.10 bits per heavy atom. The number of nitrogens with one attached hydrogen (secondary N) is 1. The van der Waals surface area contributed by atoms with Crippen LogP contribution in [0.5, 0.6) is 0 Å². The van der Waals surface area contributed by atoms with Crippen LogP contribution in [0.3, 0.4) is 0 Å². The molecule has 0 aromatic heterocycles. The van der Waals surface area contributed by atoms with Gasteiger partial charge in [0, 0.05) is 11.7 Å². The van der Waals surface area contributed by atoms with Gasteiger partial charge in [-0.3, -0.25) is 0 Å². The van der Waals surface area contributed by atoms with Gasteiger partial charge in [-0.2, -0.15) is 0 Å². The second-order valence-corrected chi connectivity index (χ2v) is 6.46. The lowest BCUT2D eigenvalue weighted by atomic mass is 9.79. The van der Waals surface area contributed by atoms with E-state index in [0.29, 0.717) is 6.04 Å². The van der Waals surface area contributed by atoms with Crippen molar-refractivity contribution in [1.82, 2.24) is 0 Å². The largest absolute Gasteiger partial charge is 0.382 e. The maximum Gasteiger partial charge on any atom is 0.123 e. The smallest absolute Gasteiger partial charge is 0.123 e. The van der Waals surface area contributed by atoms with E-state index >= 15 is 0 Å². The van der Waals surface area contributed by atoms with Gasteiger partial charge in [0.25, 0.3) is 0 Å². The van der Waals surface area contributed by atoms with E-state index in [2.05, 4.69) is 50.4 Å². The van der Waals surface area contributed by atoms with Crippen molar-refractivity contribution in [3.8, 4) is 0 Å². The van der Waals surface area contributed by atoms with Crippen LogP contribution in [0.25, 0.3) is 0 Å². The molecule has 1 atom stereocenters. The molecule has 112 valence electrons. The first-order chi connectivity index (χ1) is 9.88. The minimum Gasteiger partial charge on any atom is -0.382 e. The summed E-state index contributed by atoms with van der Waals surface area (Å²) in [4.78, 5) is 0. The highest BCUT2D eigenvalue weighted by molar-refractivity contribution is 5.51. The maximum absolute atomic E-state index is 13.1. The molecule has 0 spiro atoms. The molecule has 0 aliphatic rings. The lowest BCUT2D eigenvalue weighted by Crippen LogP contribution is -2.28. The fourth-order valence-electron chi connectivity index (χ4n) is 2.88. The third-order valence-electron chi connectivity index (χ3n) is 3.96. The molecule has 0 radical (unpaired) electrons. The van der Waals surface area contributed by atoms with E-state index in [4.69, 9.17) is 0 Å². The zero-order valence-corrected chi connectivity index (χ0v) is 13.3. The van der Waals surface area contributed by atoms with Crippen LogP contribution in [0.15, 0.2) is 48.5 Å². The molecule has 0 heterocycles. The average Bonchev–Trinajstić information content (AvgIpc) is 2.42. The fourth-order valence-corrected chi connectivity index (χ4v) is 2.88. The van der Waals surface area contributed by atoms with Crippen LogP contribution in [-0.2, 0) is 5.41 Å². The first-order valence-corrected chi connectivity index (χ1v) is 7.47. The highest BCUT2D eigenvalue weighted by Crippen LogP contribution is 2.29. The molecule has 0 amide bonds. The summed E-state index contributed by atoms with van der Waals surface area (Å²) < 4.78 is 13.1. The van der Waals surface area contributed by atoms with Crippen molar-refractivity contribution in [3.63, 3.8) is 0 Å². The number of halogens is 1. The van der Waals surface area contributed by atoms with Crippen molar-refractivity contribution in [2.24, 2.45) is 0 Å². The third-order valence-corrected chi connectivity index (χ3v) is 3.96. The van der Waals surface area contributed by atoms with Crippen LogP contribution < -0.4 is 5.32 Å². The van der Waals surface area contributed by atoms with E-state index in [1.807, 2.05) is 19.1 Å². The fraction of sp³-hybridized carbons (Fsp3) is 0.368. The molecule has 0 aliphatic heterocycles. The number of hydrogen-bond donors (Lipinski definition) is 1. The second-order valence-electron chi connectivity index (χ2n) is 6.46. The number of rotatable bonds is 5. The Morgan fingerprint density at radius 2 is 1.76 bits per heavy atom. The monoisotopic (exact) mass is 285 g/mol. The predicted octanol–water partition coefficient (Wildman–Crippen LogP) is 5.30. The van der Waals surface area contributed by atoms with E-state index in [1.54, 1.807) is 6.07 Å². The van der Waals surface area contributed by atoms with Gasteiger partial charge in [-0.25, -0.2) is 4.39 Å². The Labute approximate surface area is 127 Å². The Balaban J connectivity index is 2.06. The van der Waals surface area contributed by atoms with Crippen molar-refractivity contribution in [1.29, 1.82) is 0 Å². The number of anilines is 1. The van der Waals surface area contributed by atoms with E-state index in [9.17, 15) is 4.39 Å². The molecule has 0 saturated heterocycles. The maximum atomic E-state index is 13.1. The molecule has 1 nitrogen and oxygen atoms in total. The Bertz CT molecular complexity index is 590. The first-order valence-electron chi connectivity index (χ1n) is 7.47. The van der Waals surface area contributed by atoms with Gasteiger partial charge in [-0.1, -0.05) is 44.2 Å². The van der Waals surface area contributed by atoms with Gasteiger partial charge in [-0.15, -0.1) is 0 Å². The minimum atomic E-state index is -0.185. The summed E-state index contributed by atoms with van der Waals surface area (Å²) in [5.74, 6) is -0.185. The van der Waals surface area contributed by atoms with Gasteiger partial charge in [0.2, 0.25) is 0 Å². The van der Waals surface area contributed by atoms with Crippen LogP contribution in [0.2, 0.25) is 0 Å². The van der Waals surface area contributed by atoms with E-state index < -0.39 is 0 Å². The summed E-state index contributed by atoms with van der Waals surface area (Å²) in [6.07, 6.45) is 1.01. The van der Waals surface area contributed by atoms with Crippen molar-refractivity contribution in [2.45, 2.75) is 45.6 Å². The van der Waals surface area contributed by atoms with Crippen LogP contribution >= 0.6 is 0 Å². The normalized spacial score (nSPS) is 13.0. The first kappa shape index (κ1) is 15.6. The lowest BCUT2D eigenvalue weighted by molar-refractivity contribution is 0.450. The predicted molar refractivity (Wildman–Crippen MR) is 88.3 cm³/mol. The molecule has 0 saturated carbocycles. The van der Waals surface area contributed by atoms with Gasteiger partial charge in [0.15, 0.2) is 0 Å². The molecule has 2 rings (SSSR count). The van der Waals surface area contributed by atoms with Crippen LogP contribution in [0.4, 0.5) is 10.1 Å². The van der Waals surface area contributed by atoms with Crippen molar-refractivity contribution in [3.05, 3.63) is 65.5 Å². The summed E-state index contributed by atoms with van der Waals surface area (Å²) >= 11 is 0. The quantitative estimate of drug-likeness (QED) is 0.785. The summed E-state index contributed by atoms with van der Waals surface area (Å²) in [6, 6.07) is 15.8. The van der Waals surface area contributed by atoms with Gasteiger partial charge >= 0.3 is 0 Å². The minimum absolute atomic E-state index is 0.0988. The standard InChI is InChI=1S/C19H24FN/c1-14-12-17(20)10-11-18(14)21-15(2)13-19(3,4)16-8-6-5-7-9-16/h5-12,15,21H,13H2,1-4H3. The van der Waals surface area contributed by atoms with Crippen LogP contribution in [0.1, 0.15) is 38.3 Å². The van der Waals surface area contributed by atoms with Crippen molar-refractivity contribution in [2.75, 3.05) is 5.32 Å². The highest BCUT2D eigenvalue weighted by atomic mass is 19.1. The molecule has 0 aliphatic carbocycles. The number of hydrogen-bond acceptors (Lipinski definition) is 1. The summed E-state index contributed by atoms with van der Waals surface area (Å²) in [6.45, 7) is 8.63. The average molecular weight is 285 g/mol. The van der Waals surface area contributed by atoms with Crippen LogP contribution in [0, 0.1) is 12.7 Å². The number of aryl methyl sites for hydroxylation is 1. The van der Waals surface area contributed by atoms with Crippen molar-refractivity contribution < 1.29 is 4.39 Å². The Kier molecular flexibility index (Phi) is 4.66. The second kappa shape index (κ2) is 6.30. The van der Waals surface area contributed by atoms with Gasteiger partial charge in [-0.05, 0) is 55.0 Å². The molecule has 0 fully saturated rings. The number of benzene rings is 2. The van der Waals surface area contributed by atoms with Gasteiger partial charge < -0.3 is 5.32 Å². The summed E-state index contributed by atoms with van der Waals surface area (Å²) in [7, 11) is 0. The summed E-state index contributed by atoms with van der Waals surface area (Å²) in [5.41, 5.74) is 3.39. The van der Waals surface area contributed by atoms with Gasteiger partial charge in [0.05, 0.1) is 0 Å². The SMILES string of the molecule is Cc1cc(F)ccc1NC(C)CC(C)(C)c1ccccc1. The van der Waals surface area contributed by atoms with Gasteiger partial charge in [0.1, 0.15) is 5.82 Å². The molecule has 2 heteroatoms. The zero-order valence-electron chi connectivity index (χ0n) is 13.3. The lowest BCUT2D eigenvalue weighted by Gasteiger charge is -2.30. The topological polar surface area (TPSA) is 12.0 Å². The molecule has 2 aromatic carbocycles. The molecule has 1 N–H and O–H groups in total. The molecular weight excluding hydrogens is 261 g/mol.